The smallest absolute Gasteiger partial charge is 0.281 e. The number of methoxy groups -OCH3 is 1. The van der Waals surface area contributed by atoms with Crippen LogP contribution in [0.15, 0.2) is 72.4 Å². The van der Waals surface area contributed by atoms with Crippen LogP contribution in [-0.4, -0.2) is 18.1 Å². The van der Waals surface area contributed by atoms with E-state index in [1.807, 2.05) is 49.4 Å². The Bertz CT molecular complexity index is 1290. The lowest BCUT2D eigenvalue weighted by molar-refractivity contribution is -0.113. The average molecular weight is 456 g/mol. The van der Waals surface area contributed by atoms with Gasteiger partial charge < -0.3 is 14.8 Å². The maximum absolute atomic E-state index is 13.1. The van der Waals surface area contributed by atoms with E-state index in [4.69, 9.17) is 27.0 Å². The maximum atomic E-state index is 13.1. The summed E-state index contributed by atoms with van der Waals surface area (Å²) < 4.78 is 11.3. The van der Waals surface area contributed by atoms with Gasteiger partial charge in [-0.3, -0.25) is 9.69 Å². The van der Waals surface area contributed by atoms with E-state index in [0.717, 1.165) is 22.4 Å². The second-order valence-corrected chi connectivity index (χ2v) is 7.80. The molecule has 33 heavy (non-hydrogen) atoms. The number of nitriles is 1. The van der Waals surface area contributed by atoms with Gasteiger partial charge in [0, 0.05) is 5.56 Å². The third kappa shape index (κ3) is 4.71. The number of rotatable bonds is 6. The van der Waals surface area contributed by atoms with Gasteiger partial charge >= 0.3 is 0 Å². The van der Waals surface area contributed by atoms with Crippen LogP contribution in [0.3, 0.4) is 0 Å². The Labute approximate surface area is 197 Å². The molecule has 0 bridgehead atoms. The summed E-state index contributed by atoms with van der Waals surface area (Å²) in [6.45, 7) is 2.21. The van der Waals surface area contributed by atoms with Crippen LogP contribution in [0.2, 0.25) is 0 Å². The van der Waals surface area contributed by atoms with Gasteiger partial charge in [0.1, 0.15) is 23.8 Å². The van der Waals surface area contributed by atoms with Crippen LogP contribution in [0.5, 0.6) is 11.5 Å². The fourth-order valence-corrected chi connectivity index (χ4v) is 3.81. The first-order valence-electron chi connectivity index (χ1n) is 10.2. The van der Waals surface area contributed by atoms with Crippen LogP contribution in [0.1, 0.15) is 22.3 Å². The lowest BCUT2D eigenvalue weighted by atomic mass is 10.1. The van der Waals surface area contributed by atoms with Crippen molar-refractivity contribution in [1.82, 2.24) is 5.32 Å². The van der Waals surface area contributed by atoms with Crippen molar-refractivity contribution in [3.05, 3.63) is 94.7 Å². The number of carbonyl (C=O) groups excluding carboxylic acids is 1. The Balaban J connectivity index is 1.56. The van der Waals surface area contributed by atoms with Crippen LogP contribution in [-0.2, 0) is 11.4 Å². The number of ether oxygens (including phenoxy) is 2. The molecule has 1 heterocycles. The van der Waals surface area contributed by atoms with Crippen molar-refractivity contribution in [3.8, 4) is 17.6 Å². The van der Waals surface area contributed by atoms with Crippen LogP contribution < -0.4 is 19.7 Å². The first-order chi connectivity index (χ1) is 16.0. The fraction of sp³-hybridized carbons (Fsp3) is 0.115. The van der Waals surface area contributed by atoms with Crippen molar-refractivity contribution in [2.75, 3.05) is 12.0 Å². The van der Waals surface area contributed by atoms with Gasteiger partial charge in [0.2, 0.25) is 0 Å². The number of amides is 1. The molecule has 1 aliphatic rings. The maximum Gasteiger partial charge on any atom is 0.281 e. The summed E-state index contributed by atoms with van der Waals surface area (Å²) in [5.74, 6) is 1.11. The lowest BCUT2D eigenvalue weighted by Crippen LogP contribution is -2.30. The molecule has 1 N–H and O–H groups in total. The van der Waals surface area contributed by atoms with Gasteiger partial charge in [-0.05, 0) is 78.8 Å². The molecule has 0 radical (unpaired) electrons. The zero-order valence-corrected chi connectivity index (χ0v) is 19.0. The van der Waals surface area contributed by atoms with Crippen LogP contribution in [0, 0.1) is 18.3 Å². The van der Waals surface area contributed by atoms with E-state index in [9.17, 15) is 4.79 Å². The molecule has 1 saturated heterocycles. The van der Waals surface area contributed by atoms with Crippen molar-refractivity contribution in [2.24, 2.45) is 0 Å². The normalized spacial score (nSPS) is 14.2. The number of para-hydroxylation sites is 1. The van der Waals surface area contributed by atoms with Crippen molar-refractivity contribution < 1.29 is 14.3 Å². The number of benzene rings is 3. The second kappa shape index (κ2) is 9.55. The molecule has 0 aliphatic carbocycles. The second-order valence-electron chi connectivity index (χ2n) is 7.41. The molecule has 0 spiro atoms. The van der Waals surface area contributed by atoms with Gasteiger partial charge in [-0.15, -0.1) is 0 Å². The molecule has 0 unspecified atom stereocenters. The molecule has 1 aliphatic heterocycles. The number of nitrogens with zero attached hydrogens (tertiary/aromatic N) is 2. The Morgan fingerprint density at radius 3 is 2.58 bits per heavy atom. The third-order valence-electron chi connectivity index (χ3n) is 5.23. The molecule has 4 rings (SSSR count). The van der Waals surface area contributed by atoms with Gasteiger partial charge in [-0.2, -0.15) is 5.26 Å². The number of anilines is 1. The molecule has 1 fully saturated rings. The van der Waals surface area contributed by atoms with E-state index >= 15 is 0 Å². The van der Waals surface area contributed by atoms with E-state index in [2.05, 4.69) is 11.4 Å². The quantitative estimate of drug-likeness (QED) is 0.428. The zero-order valence-electron chi connectivity index (χ0n) is 18.2. The van der Waals surface area contributed by atoms with Crippen LogP contribution in [0.25, 0.3) is 6.08 Å². The number of hydrogen-bond acceptors (Lipinski definition) is 5. The topological polar surface area (TPSA) is 74.6 Å². The van der Waals surface area contributed by atoms with Crippen molar-refractivity contribution >= 4 is 35.0 Å². The number of carbonyl (C=O) groups is 1. The summed E-state index contributed by atoms with van der Waals surface area (Å²) in [6, 6.07) is 22.2. The Kier molecular flexibility index (Phi) is 6.38. The predicted octanol–water partition coefficient (Wildman–Crippen LogP) is 4.72. The highest BCUT2D eigenvalue weighted by atomic mass is 32.1. The van der Waals surface area contributed by atoms with Crippen molar-refractivity contribution in [1.29, 1.82) is 5.26 Å². The molecule has 0 aromatic heterocycles. The number of thiocarbonyl (C=S) groups is 1. The highest BCUT2D eigenvalue weighted by molar-refractivity contribution is 7.80. The van der Waals surface area contributed by atoms with Gasteiger partial charge in [0.05, 0.1) is 24.4 Å². The monoisotopic (exact) mass is 455 g/mol. The standard InChI is InChI=1S/C26H21N3O3S/c1-17-5-3-4-6-23(17)29-25(30)22(28-26(29)33)14-19-9-12-24(31-2)20(13-19)16-32-21-10-7-18(15-27)8-11-21/h3-14H,16H2,1-2H3,(H,28,33)/b22-14+. The van der Waals surface area contributed by atoms with Crippen molar-refractivity contribution in [3.63, 3.8) is 0 Å². The van der Waals surface area contributed by atoms with E-state index in [-0.39, 0.29) is 12.5 Å². The molecule has 0 saturated carbocycles. The predicted molar refractivity (Wildman–Crippen MR) is 131 cm³/mol. The summed E-state index contributed by atoms with van der Waals surface area (Å²) in [4.78, 5) is 14.6. The first kappa shape index (κ1) is 22.1. The van der Waals surface area contributed by atoms with Gasteiger partial charge in [0.25, 0.3) is 5.91 Å². The summed E-state index contributed by atoms with van der Waals surface area (Å²) in [6.07, 6.45) is 1.76. The molecular formula is C26H21N3O3S. The van der Waals surface area contributed by atoms with Crippen LogP contribution >= 0.6 is 12.2 Å². The van der Waals surface area contributed by atoms with E-state index in [1.54, 1.807) is 37.5 Å². The van der Waals surface area contributed by atoms with Crippen LogP contribution in [0.4, 0.5) is 5.69 Å². The summed E-state index contributed by atoms with van der Waals surface area (Å²) >= 11 is 5.42. The molecular weight excluding hydrogens is 434 g/mol. The van der Waals surface area contributed by atoms with Gasteiger partial charge in [0.15, 0.2) is 5.11 Å². The number of nitrogens with one attached hydrogen (secondary N) is 1. The number of hydrogen-bond donors (Lipinski definition) is 1. The molecule has 164 valence electrons. The van der Waals surface area contributed by atoms with Crippen molar-refractivity contribution in [2.45, 2.75) is 13.5 Å². The average Bonchev–Trinajstić information content (AvgIpc) is 3.11. The fourth-order valence-electron chi connectivity index (χ4n) is 3.52. The van der Waals surface area contributed by atoms with Gasteiger partial charge in [-0.25, -0.2) is 0 Å². The summed E-state index contributed by atoms with van der Waals surface area (Å²) in [5, 5.41) is 12.3. The van der Waals surface area contributed by atoms with E-state index in [0.29, 0.717) is 27.9 Å². The molecule has 6 nitrogen and oxygen atoms in total. The molecule has 3 aromatic rings. The Morgan fingerprint density at radius 2 is 1.88 bits per heavy atom. The highest BCUT2D eigenvalue weighted by Crippen LogP contribution is 2.27. The lowest BCUT2D eigenvalue weighted by Gasteiger charge is -2.16. The highest BCUT2D eigenvalue weighted by Gasteiger charge is 2.32. The SMILES string of the molecule is COc1ccc(/C=C2/NC(=S)N(c3ccccc3C)C2=O)cc1COc1ccc(C#N)cc1. The van der Waals surface area contributed by atoms with Gasteiger partial charge in [-0.1, -0.05) is 24.3 Å². The minimum Gasteiger partial charge on any atom is -0.496 e. The minimum atomic E-state index is -0.208. The Morgan fingerprint density at radius 1 is 1.12 bits per heavy atom. The summed E-state index contributed by atoms with van der Waals surface area (Å²) in [5.41, 5.74) is 4.31. The van der Waals surface area contributed by atoms with E-state index in [1.165, 1.54) is 4.90 Å². The van der Waals surface area contributed by atoms with E-state index < -0.39 is 0 Å². The minimum absolute atomic E-state index is 0.208. The first-order valence-corrected chi connectivity index (χ1v) is 10.6. The number of aryl methyl sites for hydroxylation is 1. The molecule has 0 atom stereocenters. The Hall–Kier alpha value is -4.15. The zero-order chi connectivity index (χ0) is 23.4. The third-order valence-corrected chi connectivity index (χ3v) is 5.51. The summed E-state index contributed by atoms with van der Waals surface area (Å²) in [7, 11) is 1.60. The largest absolute Gasteiger partial charge is 0.496 e. The molecule has 3 aromatic carbocycles. The molecule has 1 amide bonds. The molecule has 7 heteroatoms.